The minimum absolute atomic E-state index is 0.0847. The molecule has 0 aromatic heterocycles. The molecule has 4 unspecified atom stereocenters. The van der Waals surface area contributed by atoms with Crippen molar-refractivity contribution in [3.05, 3.63) is 11.9 Å². The molecule has 9 nitrogen and oxygen atoms in total. The first-order chi connectivity index (χ1) is 19.5. The number of nitrogens with two attached hydrogens (primary N) is 1. The lowest BCUT2D eigenvalue weighted by Gasteiger charge is -2.52. The maximum Gasteiger partial charge on any atom is 0.227 e. The smallest absolute Gasteiger partial charge is 0.227 e. The number of piperidine rings is 1. The molecule has 3 fully saturated rings. The molecule has 0 aromatic rings. The number of carbonyl (C=O) groups is 1. The topological polar surface area (TPSA) is 120 Å². The fourth-order valence-corrected chi connectivity index (χ4v) is 8.73. The van der Waals surface area contributed by atoms with Crippen LogP contribution >= 0.6 is 0 Å². The van der Waals surface area contributed by atoms with Crippen LogP contribution in [0.2, 0.25) is 0 Å². The van der Waals surface area contributed by atoms with Crippen molar-refractivity contribution < 1.29 is 17.6 Å². The highest BCUT2D eigenvalue weighted by molar-refractivity contribution is 7.88. The SMILES string of the molecule is CCCCCC1(NC(=O)C(C2CC3(C=C(F)C=N2)CCCCC3)[C@H](C)N)CNCCC1N1CCN(S(C)(=O)=O)CC1. The summed E-state index contributed by atoms with van der Waals surface area (Å²) in [4.78, 5) is 21.4. The molecule has 1 spiro atoms. The molecule has 3 aliphatic heterocycles. The first kappa shape index (κ1) is 32.5. The second-order valence-corrected chi connectivity index (χ2v) is 15.2. The lowest BCUT2D eigenvalue weighted by Crippen LogP contribution is -2.72. The van der Waals surface area contributed by atoms with Crippen molar-refractivity contribution >= 4 is 22.1 Å². The number of allylic oxidation sites excluding steroid dienone is 2. The number of nitrogens with zero attached hydrogens (tertiary/aromatic N) is 3. The van der Waals surface area contributed by atoms with Crippen LogP contribution in [0.3, 0.4) is 0 Å². The van der Waals surface area contributed by atoms with Gasteiger partial charge in [0.25, 0.3) is 0 Å². The molecule has 0 aromatic carbocycles. The fraction of sp³-hybridized carbons (Fsp3) is 0.867. The summed E-state index contributed by atoms with van der Waals surface area (Å²) in [5, 5.41) is 7.10. The van der Waals surface area contributed by atoms with Crippen LogP contribution in [0, 0.1) is 11.3 Å². The number of carbonyl (C=O) groups excluding carboxylic acids is 1. The lowest BCUT2D eigenvalue weighted by molar-refractivity contribution is -0.130. The molecule has 1 saturated carbocycles. The maximum atomic E-state index is 14.8. The Hall–Kier alpha value is -1.40. The van der Waals surface area contributed by atoms with Gasteiger partial charge in [-0.2, -0.15) is 4.31 Å². The molecule has 4 rings (SSSR count). The van der Waals surface area contributed by atoms with E-state index < -0.39 is 33.6 Å². The summed E-state index contributed by atoms with van der Waals surface area (Å²) >= 11 is 0. The number of amides is 1. The minimum atomic E-state index is -3.23. The van der Waals surface area contributed by atoms with Crippen LogP contribution in [0.5, 0.6) is 0 Å². The van der Waals surface area contributed by atoms with Gasteiger partial charge in [-0.3, -0.25) is 14.7 Å². The highest BCUT2D eigenvalue weighted by atomic mass is 32.2. The van der Waals surface area contributed by atoms with Crippen molar-refractivity contribution in [1.82, 2.24) is 19.8 Å². The summed E-state index contributed by atoms with van der Waals surface area (Å²) in [7, 11) is -3.23. The van der Waals surface area contributed by atoms with Gasteiger partial charge >= 0.3 is 0 Å². The molecule has 4 N–H and O–H groups in total. The van der Waals surface area contributed by atoms with Crippen molar-refractivity contribution in [2.45, 2.75) is 108 Å². The van der Waals surface area contributed by atoms with Crippen LogP contribution in [0.25, 0.3) is 0 Å². The number of hydrogen-bond acceptors (Lipinski definition) is 7. The number of piperazine rings is 1. The second kappa shape index (κ2) is 13.9. The predicted octanol–water partition coefficient (Wildman–Crippen LogP) is 2.97. The Kier molecular flexibility index (Phi) is 11.0. The standard InChI is InChI=1S/C30H53FN6O3S/c1-4-5-7-13-30(22-33-14-10-26(30)36-15-17-37(18-16-36)41(3,39)40)35-28(38)27(23(2)32)25-20-29(11-8-6-9-12-29)19-24(31)21-34-25/h19,21,23,25-27,33H,4-18,20,22,32H2,1-3H3,(H,35,38)/t23-,25?,26?,27?,30?/m0/s1. The van der Waals surface area contributed by atoms with Gasteiger partial charge in [-0.05, 0) is 57.1 Å². The number of sulfonamides is 1. The van der Waals surface area contributed by atoms with Crippen molar-refractivity contribution in [1.29, 1.82) is 0 Å². The average Bonchev–Trinajstić information content (AvgIpc) is 3.07. The zero-order chi connectivity index (χ0) is 29.7. The lowest BCUT2D eigenvalue weighted by atomic mass is 9.68. The van der Waals surface area contributed by atoms with E-state index in [4.69, 9.17) is 5.73 Å². The Bertz CT molecular complexity index is 1050. The molecule has 0 radical (unpaired) electrons. The Morgan fingerprint density at radius 2 is 1.93 bits per heavy atom. The summed E-state index contributed by atoms with van der Waals surface area (Å²) in [5.74, 6) is -0.980. The van der Waals surface area contributed by atoms with Gasteiger partial charge in [0.1, 0.15) is 5.83 Å². The summed E-state index contributed by atoms with van der Waals surface area (Å²) in [6.45, 7) is 7.74. The number of halogens is 1. The molecule has 2 saturated heterocycles. The second-order valence-electron chi connectivity index (χ2n) is 13.2. The van der Waals surface area contributed by atoms with Crippen LogP contribution in [-0.4, -0.2) is 98.9 Å². The third kappa shape index (κ3) is 7.96. The Morgan fingerprint density at radius 3 is 2.56 bits per heavy atom. The van der Waals surface area contributed by atoms with E-state index in [0.717, 1.165) is 70.8 Å². The van der Waals surface area contributed by atoms with E-state index in [-0.39, 0.29) is 23.2 Å². The first-order valence-corrected chi connectivity index (χ1v) is 17.7. The van der Waals surface area contributed by atoms with E-state index in [1.807, 2.05) is 6.92 Å². The van der Waals surface area contributed by atoms with Gasteiger partial charge in [0.2, 0.25) is 15.9 Å². The van der Waals surface area contributed by atoms with Crippen LogP contribution in [-0.2, 0) is 14.8 Å². The minimum Gasteiger partial charge on any atom is -0.347 e. The zero-order valence-electron chi connectivity index (χ0n) is 25.4. The molecule has 3 heterocycles. The van der Waals surface area contributed by atoms with Gasteiger partial charge in [-0.25, -0.2) is 12.8 Å². The Balaban J connectivity index is 1.58. The monoisotopic (exact) mass is 596 g/mol. The normalized spacial score (nSPS) is 31.3. The molecule has 5 atom stereocenters. The van der Waals surface area contributed by atoms with E-state index in [0.29, 0.717) is 39.1 Å². The van der Waals surface area contributed by atoms with Crippen LogP contribution in [0.15, 0.2) is 16.9 Å². The molecule has 1 amide bonds. The van der Waals surface area contributed by atoms with Crippen LogP contribution in [0.4, 0.5) is 4.39 Å². The van der Waals surface area contributed by atoms with Gasteiger partial charge in [-0.15, -0.1) is 0 Å². The van der Waals surface area contributed by atoms with Gasteiger partial charge < -0.3 is 16.4 Å². The zero-order valence-corrected chi connectivity index (χ0v) is 26.2. The molecular weight excluding hydrogens is 543 g/mol. The van der Waals surface area contributed by atoms with Gasteiger partial charge in [0.15, 0.2) is 0 Å². The molecule has 4 aliphatic rings. The quantitative estimate of drug-likeness (QED) is 0.334. The third-order valence-corrected chi connectivity index (χ3v) is 11.3. The molecule has 234 valence electrons. The number of aliphatic imine (C=N–C) groups is 1. The van der Waals surface area contributed by atoms with Crippen molar-refractivity contribution in [2.75, 3.05) is 45.5 Å². The van der Waals surface area contributed by atoms with Crippen molar-refractivity contribution in [3.63, 3.8) is 0 Å². The van der Waals surface area contributed by atoms with E-state index in [1.165, 1.54) is 12.5 Å². The summed E-state index contributed by atoms with van der Waals surface area (Å²) < 4.78 is 40.7. The van der Waals surface area contributed by atoms with E-state index in [2.05, 4.69) is 27.4 Å². The van der Waals surface area contributed by atoms with E-state index in [9.17, 15) is 17.6 Å². The molecule has 1 aliphatic carbocycles. The maximum absolute atomic E-state index is 14.8. The van der Waals surface area contributed by atoms with Gasteiger partial charge in [-0.1, -0.05) is 45.4 Å². The Morgan fingerprint density at radius 1 is 1.22 bits per heavy atom. The third-order valence-electron chi connectivity index (χ3n) is 10.0. The van der Waals surface area contributed by atoms with Crippen LogP contribution in [0.1, 0.15) is 84.5 Å². The number of nitrogens with one attached hydrogen (secondary N) is 2. The predicted molar refractivity (Wildman–Crippen MR) is 163 cm³/mol. The number of rotatable bonds is 10. The van der Waals surface area contributed by atoms with E-state index >= 15 is 0 Å². The summed E-state index contributed by atoms with van der Waals surface area (Å²) in [6, 6.07) is -0.750. The largest absolute Gasteiger partial charge is 0.347 e. The number of hydrogen-bond donors (Lipinski definition) is 3. The van der Waals surface area contributed by atoms with Crippen molar-refractivity contribution in [2.24, 2.45) is 22.1 Å². The molecule has 0 bridgehead atoms. The first-order valence-electron chi connectivity index (χ1n) is 15.9. The van der Waals surface area contributed by atoms with Gasteiger partial charge in [0, 0.05) is 44.8 Å². The molecule has 41 heavy (non-hydrogen) atoms. The highest BCUT2D eigenvalue weighted by Gasteiger charge is 2.48. The van der Waals surface area contributed by atoms with E-state index in [1.54, 1.807) is 10.4 Å². The summed E-state index contributed by atoms with van der Waals surface area (Å²) in [5.41, 5.74) is 5.76. The Labute approximate surface area is 247 Å². The van der Waals surface area contributed by atoms with Crippen molar-refractivity contribution in [3.8, 4) is 0 Å². The molecule has 11 heteroatoms. The van der Waals surface area contributed by atoms with Crippen LogP contribution < -0.4 is 16.4 Å². The summed E-state index contributed by atoms with van der Waals surface area (Å²) in [6.07, 6.45) is 14.9. The number of unbranched alkanes of at least 4 members (excludes halogenated alkanes) is 2. The average molecular weight is 597 g/mol. The fourth-order valence-electron chi connectivity index (χ4n) is 7.90. The molecular formula is C30H53FN6O3S. The highest BCUT2D eigenvalue weighted by Crippen LogP contribution is 2.45. The van der Waals surface area contributed by atoms with Gasteiger partial charge in [0.05, 0.1) is 30.0 Å².